The first-order valence-electron chi connectivity index (χ1n) is 4.14. The highest BCUT2D eigenvalue weighted by atomic mass is 32.1. The van der Waals surface area contributed by atoms with E-state index in [2.05, 4.69) is 0 Å². The van der Waals surface area contributed by atoms with Crippen molar-refractivity contribution >= 4 is 34.2 Å². The lowest BCUT2D eigenvalue weighted by atomic mass is 10.2. The second-order valence-corrected chi connectivity index (χ2v) is 3.77. The van der Waals surface area contributed by atoms with Crippen molar-refractivity contribution in [2.75, 3.05) is 0 Å². The van der Waals surface area contributed by atoms with E-state index < -0.39 is 5.97 Å². The molecule has 1 aromatic heterocycles. The Morgan fingerprint density at radius 2 is 2.14 bits per heavy atom. The Balaban J connectivity index is 2.48. The standard InChI is InChI=1S/C11H8O2S/c12-11(13)6-5-10-9-4-2-1-3-8(9)7-14-10/h1-7H,(H,12,13). The van der Waals surface area contributed by atoms with E-state index in [-0.39, 0.29) is 0 Å². The molecule has 2 rings (SSSR count). The smallest absolute Gasteiger partial charge is 0.328 e. The van der Waals surface area contributed by atoms with Crippen LogP contribution in [0.5, 0.6) is 0 Å². The average molecular weight is 204 g/mol. The summed E-state index contributed by atoms with van der Waals surface area (Å²) in [6.45, 7) is 0. The van der Waals surface area contributed by atoms with Crippen molar-refractivity contribution in [1.82, 2.24) is 0 Å². The molecular formula is C11H8O2S. The number of rotatable bonds is 2. The lowest BCUT2D eigenvalue weighted by Gasteiger charge is -1.89. The molecule has 1 aromatic carbocycles. The van der Waals surface area contributed by atoms with Gasteiger partial charge in [-0.3, -0.25) is 0 Å². The fraction of sp³-hybridized carbons (Fsp3) is 0. The van der Waals surface area contributed by atoms with Crippen LogP contribution in [-0.4, -0.2) is 11.1 Å². The molecule has 0 bridgehead atoms. The maximum absolute atomic E-state index is 10.3. The minimum atomic E-state index is -0.914. The van der Waals surface area contributed by atoms with Gasteiger partial charge in [0.1, 0.15) is 0 Å². The molecular weight excluding hydrogens is 196 g/mol. The van der Waals surface area contributed by atoms with Crippen LogP contribution in [0.1, 0.15) is 4.88 Å². The van der Waals surface area contributed by atoms with Gasteiger partial charge in [0.05, 0.1) is 0 Å². The van der Waals surface area contributed by atoms with Crippen LogP contribution in [0.2, 0.25) is 0 Å². The molecule has 0 fully saturated rings. The number of fused-ring (bicyclic) bond motifs is 1. The van der Waals surface area contributed by atoms with Gasteiger partial charge in [-0.05, 0) is 22.2 Å². The Morgan fingerprint density at radius 3 is 2.93 bits per heavy atom. The van der Waals surface area contributed by atoms with Crippen LogP contribution >= 0.6 is 11.3 Å². The van der Waals surface area contributed by atoms with E-state index in [9.17, 15) is 4.79 Å². The van der Waals surface area contributed by atoms with E-state index in [0.29, 0.717) is 0 Å². The molecule has 3 heteroatoms. The molecule has 0 saturated carbocycles. The van der Waals surface area contributed by atoms with Crippen LogP contribution in [0.25, 0.3) is 16.8 Å². The molecule has 0 aliphatic heterocycles. The van der Waals surface area contributed by atoms with Crippen molar-refractivity contribution < 1.29 is 9.90 Å². The molecule has 0 aliphatic carbocycles. The van der Waals surface area contributed by atoms with Gasteiger partial charge in [0, 0.05) is 11.0 Å². The third kappa shape index (κ3) is 1.67. The van der Waals surface area contributed by atoms with Gasteiger partial charge in [0.15, 0.2) is 0 Å². The zero-order chi connectivity index (χ0) is 9.97. The SMILES string of the molecule is O=C(O)C=Cc1scc2ccccc12. The van der Waals surface area contributed by atoms with Gasteiger partial charge in [0.2, 0.25) is 0 Å². The summed E-state index contributed by atoms with van der Waals surface area (Å²) in [6, 6.07) is 7.93. The monoisotopic (exact) mass is 204 g/mol. The van der Waals surface area contributed by atoms with E-state index in [4.69, 9.17) is 5.11 Å². The third-order valence-electron chi connectivity index (χ3n) is 1.92. The molecule has 0 spiro atoms. The number of hydrogen-bond donors (Lipinski definition) is 1. The fourth-order valence-corrected chi connectivity index (χ4v) is 2.21. The van der Waals surface area contributed by atoms with Crippen molar-refractivity contribution in [3.05, 3.63) is 40.6 Å². The predicted molar refractivity (Wildman–Crippen MR) is 58.5 cm³/mol. The molecule has 2 nitrogen and oxygen atoms in total. The summed E-state index contributed by atoms with van der Waals surface area (Å²) in [5.41, 5.74) is 0. The van der Waals surface area contributed by atoms with Crippen molar-refractivity contribution in [2.24, 2.45) is 0 Å². The number of carbonyl (C=O) groups is 1. The van der Waals surface area contributed by atoms with Crippen LogP contribution in [-0.2, 0) is 4.79 Å². The van der Waals surface area contributed by atoms with Crippen molar-refractivity contribution in [1.29, 1.82) is 0 Å². The van der Waals surface area contributed by atoms with Gasteiger partial charge < -0.3 is 5.11 Å². The second-order valence-electron chi connectivity index (χ2n) is 2.86. The largest absolute Gasteiger partial charge is 0.478 e. The van der Waals surface area contributed by atoms with Crippen LogP contribution in [0.3, 0.4) is 0 Å². The highest BCUT2D eigenvalue weighted by molar-refractivity contribution is 7.12. The summed E-state index contributed by atoms with van der Waals surface area (Å²) in [6.07, 6.45) is 2.80. The van der Waals surface area contributed by atoms with Gasteiger partial charge in [-0.1, -0.05) is 24.3 Å². The molecule has 0 radical (unpaired) electrons. The van der Waals surface area contributed by atoms with Gasteiger partial charge in [-0.25, -0.2) is 4.79 Å². The van der Waals surface area contributed by atoms with Gasteiger partial charge >= 0.3 is 5.97 Å². The van der Waals surface area contributed by atoms with Gasteiger partial charge in [0.25, 0.3) is 0 Å². The molecule has 0 aliphatic rings. The average Bonchev–Trinajstić information content (AvgIpc) is 2.58. The van der Waals surface area contributed by atoms with E-state index in [0.717, 1.165) is 21.7 Å². The lowest BCUT2D eigenvalue weighted by molar-refractivity contribution is -0.131. The van der Waals surface area contributed by atoms with Crippen molar-refractivity contribution in [3.63, 3.8) is 0 Å². The van der Waals surface area contributed by atoms with Crippen LogP contribution in [0, 0.1) is 0 Å². The fourth-order valence-electron chi connectivity index (χ4n) is 1.29. The van der Waals surface area contributed by atoms with Gasteiger partial charge in [-0.15, -0.1) is 11.3 Å². The predicted octanol–water partition coefficient (Wildman–Crippen LogP) is 3.00. The summed E-state index contributed by atoms with van der Waals surface area (Å²) >= 11 is 1.55. The highest BCUT2D eigenvalue weighted by Crippen LogP contribution is 2.26. The first kappa shape index (κ1) is 8.97. The first-order valence-corrected chi connectivity index (χ1v) is 5.02. The van der Waals surface area contributed by atoms with Crippen LogP contribution in [0.15, 0.2) is 35.7 Å². The first-order chi connectivity index (χ1) is 6.77. The Hall–Kier alpha value is -1.61. The number of carboxylic acids is 1. The van der Waals surface area contributed by atoms with Gasteiger partial charge in [-0.2, -0.15) is 0 Å². The molecule has 1 heterocycles. The van der Waals surface area contributed by atoms with E-state index >= 15 is 0 Å². The summed E-state index contributed by atoms with van der Waals surface area (Å²) < 4.78 is 0. The Labute approximate surface area is 85.1 Å². The molecule has 0 saturated heterocycles. The maximum atomic E-state index is 10.3. The number of thiophene rings is 1. The summed E-state index contributed by atoms with van der Waals surface area (Å²) in [5, 5.41) is 12.8. The number of aliphatic carboxylic acids is 1. The zero-order valence-electron chi connectivity index (χ0n) is 7.31. The van der Waals surface area contributed by atoms with E-state index in [1.807, 2.05) is 29.6 Å². The molecule has 70 valence electrons. The third-order valence-corrected chi connectivity index (χ3v) is 2.90. The Kier molecular flexibility index (Phi) is 2.33. The minimum Gasteiger partial charge on any atom is -0.478 e. The molecule has 0 amide bonds. The molecule has 14 heavy (non-hydrogen) atoms. The normalized spacial score (nSPS) is 11.1. The summed E-state index contributed by atoms with van der Waals surface area (Å²) in [4.78, 5) is 11.3. The topological polar surface area (TPSA) is 37.3 Å². The summed E-state index contributed by atoms with van der Waals surface area (Å²) in [5.74, 6) is -0.914. The van der Waals surface area contributed by atoms with Crippen LogP contribution in [0.4, 0.5) is 0 Å². The molecule has 1 N–H and O–H groups in total. The Morgan fingerprint density at radius 1 is 1.36 bits per heavy atom. The second kappa shape index (κ2) is 3.64. The minimum absolute atomic E-state index is 0.914. The van der Waals surface area contributed by atoms with Crippen molar-refractivity contribution in [2.45, 2.75) is 0 Å². The quantitative estimate of drug-likeness (QED) is 0.763. The summed E-state index contributed by atoms with van der Waals surface area (Å²) in [7, 11) is 0. The number of carboxylic acid groups (broad SMARTS) is 1. The number of hydrogen-bond acceptors (Lipinski definition) is 2. The molecule has 0 atom stereocenters. The Bertz CT molecular complexity index is 497. The molecule has 0 unspecified atom stereocenters. The van der Waals surface area contributed by atoms with E-state index in [1.54, 1.807) is 17.4 Å². The molecule has 2 aromatic rings. The lowest BCUT2D eigenvalue weighted by Crippen LogP contribution is -1.84. The van der Waals surface area contributed by atoms with Crippen molar-refractivity contribution in [3.8, 4) is 0 Å². The maximum Gasteiger partial charge on any atom is 0.328 e. The van der Waals surface area contributed by atoms with E-state index in [1.165, 1.54) is 0 Å². The zero-order valence-corrected chi connectivity index (χ0v) is 8.12. The van der Waals surface area contributed by atoms with Crippen LogP contribution < -0.4 is 0 Å². The highest BCUT2D eigenvalue weighted by Gasteiger charge is 1.99. The number of benzene rings is 1.